The average Bonchev–Trinajstić information content (AvgIpc) is 2.79. The number of carbonyl (C=O) groups excluding carboxylic acids is 3. The zero-order chi connectivity index (χ0) is 19.1. The summed E-state index contributed by atoms with van der Waals surface area (Å²) < 4.78 is 4.86. The van der Waals surface area contributed by atoms with Gasteiger partial charge < -0.3 is 15.0 Å². The van der Waals surface area contributed by atoms with Crippen LogP contribution in [0.1, 0.15) is 25.7 Å². The Balaban J connectivity index is 1.82. The van der Waals surface area contributed by atoms with Crippen LogP contribution in [0.15, 0.2) is 18.2 Å². The molecule has 0 saturated carbocycles. The van der Waals surface area contributed by atoms with Crippen molar-refractivity contribution in [3.05, 3.63) is 33.3 Å². The number of esters is 1. The van der Waals surface area contributed by atoms with Gasteiger partial charge in [0.05, 0.1) is 4.92 Å². The number of anilines is 1. The third-order valence-electron chi connectivity index (χ3n) is 3.78. The fourth-order valence-corrected chi connectivity index (χ4v) is 2.67. The third-order valence-corrected chi connectivity index (χ3v) is 4.10. The highest BCUT2D eigenvalue weighted by Gasteiger charge is 2.20. The summed E-state index contributed by atoms with van der Waals surface area (Å²) in [4.78, 5) is 47.0. The van der Waals surface area contributed by atoms with E-state index in [4.69, 9.17) is 16.3 Å². The maximum Gasteiger partial charge on any atom is 0.326 e. The van der Waals surface area contributed by atoms with Crippen molar-refractivity contribution in [3.8, 4) is 0 Å². The molecular weight excluding hydrogens is 366 g/mol. The lowest BCUT2D eigenvalue weighted by Crippen LogP contribution is -2.36. The summed E-state index contributed by atoms with van der Waals surface area (Å²) in [5.74, 6) is -1.44. The van der Waals surface area contributed by atoms with E-state index < -0.39 is 23.4 Å². The number of halogens is 1. The van der Waals surface area contributed by atoms with Crippen molar-refractivity contribution in [2.75, 3.05) is 25.0 Å². The lowest BCUT2D eigenvalue weighted by Gasteiger charge is -2.19. The van der Waals surface area contributed by atoms with Crippen LogP contribution in [0.4, 0.5) is 11.4 Å². The molecular formula is C16H18ClN3O6. The van der Waals surface area contributed by atoms with Crippen LogP contribution in [0.2, 0.25) is 5.02 Å². The highest BCUT2D eigenvalue weighted by molar-refractivity contribution is 6.32. The normalized spacial score (nSPS) is 14.5. The number of likely N-dealkylation sites (tertiary alicyclic amines) is 1. The van der Waals surface area contributed by atoms with E-state index in [1.54, 1.807) is 0 Å². The monoisotopic (exact) mass is 383 g/mol. The summed E-state index contributed by atoms with van der Waals surface area (Å²) in [5.41, 5.74) is -0.189. The van der Waals surface area contributed by atoms with Crippen molar-refractivity contribution >= 4 is 40.8 Å². The highest BCUT2D eigenvalue weighted by atomic mass is 35.5. The molecule has 1 saturated heterocycles. The largest absolute Gasteiger partial charge is 0.454 e. The van der Waals surface area contributed by atoms with E-state index in [1.807, 2.05) is 0 Å². The average molecular weight is 384 g/mol. The number of ether oxygens (including phenoxy) is 1. The summed E-state index contributed by atoms with van der Waals surface area (Å²) in [6, 6.07) is 3.79. The van der Waals surface area contributed by atoms with Gasteiger partial charge in [0.15, 0.2) is 6.61 Å². The van der Waals surface area contributed by atoms with Crippen LogP contribution in [0, 0.1) is 10.1 Å². The van der Waals surface area contributed by atoms with Gasteiger partial charge in [0.25, 0.3) is 11.6 Å². The predicted molar refractivity (Wildman–Crippen MR) is 92.7 cm³/mol. The van der Waals surface area contributed by atoms with E-state index in [0.29, 0.717) is 13.0 Å². The van der Waals surface area contributed by atoms with Crippen LogP contribution in [-0.4, -0.2) is 47.3 Å². The van der Waals surface area contributed by atoms with Gasteiger partial charge in [-0.15, -0.1) is 0 Å². The Bertz CT molecular complexity index is 724. The summed E-state index contributed by atoms with van der Waals surface area (Å²) in [7, 11) is 0. The molecule has 1 aliphatic rings. The van der Waals surface area contributed by atoms with Gasteiger partial charge in [0, 0.05) is 24.7 Å². The molecule has 140 valence electrons. The molecule has 1 N–H and O–H groups in total. The van der Waals surface area contributed by atoms with E-state index in [0.717, 1.165) is 25.3 Å². The first-order valence-electron chi connectivity index (χ1n) is 8.04. The summed E-state index contributed by atoms with van der Waals surface area (Å²) in [6.45, 7) is -0.260. The van der Waals surface area contributed by atoms with Crippen LogP contribution < -0.4 is 5.32 Å². The number of hydrogen-bond donors (Lipinski definition) is 1. The fraction of sp³-hybridized carbons (Fsp3) is 0.438. The standard InChI is InChI=1S/C16H18ClN3O6/c17-12-6-5-11(8-13(12)20(24)25)18-14(21)10-26-16(23)9-19-7-3-1-2-4-15(19)22/h5-6,8H,1-4,7,9-10H2,(H,18,21). The number of nitro groups is 1. The van der Waals surface area contributed by atoms with Crippen molar-refractivity contribution < 1.29 is 24.0 Å². The van der Waals surface area contributed by atoms with Gasteiger partial charge in [-0.2, -0.15) is 0 Å². The Kier molecular flexibility index (Phi) is 6.90. The number of benzene rings is 1. The lowest BCUT2D eigenvalue weighted by atomic mass is 10.2. The van der Waals surface area contributed by atoms with Crippen molar-refractivity contribution in [3.63, 3.8) is 0 Å². The first-order chi connectivity index (χ1) is 12.4. The minimum Gasteiger partial charge on any atom is -0.454 e. The lowest BCUT2D eigenvalue weighted by molar-refractivity contribution is -0.384. The maximum absolute atomic E-state index is 11.8. The van der Waals surface area contributed by atoms with Crippen LogP contribution >= 0.6 is 11.6 Å². The molecule has 9 nitrogen and oxygen atoms in total. The Morgan fingerprint density at radius 3 is 2.81 bits per heavy atom. The molecule has 1 aromatic carbocycles. The molecule has 0 aliphatic carbocycles. The number of amides is 2. The number of hydrogen-bond acceptors (Lipinski definition) is 6. The quantitative estimate of drug-likeness (QED) is 0.456. The van der Waals surface area contributed by atoms with Crippen molar-refractivity contribution in [2.24, 2.45) is 0 Å². The van der Waals surface area contributed by atoms with Crippen molar-refractivity contribution in [2.45, 2.75) is 25.7 Å². The second-order valence-electron chi connectivity index (χ2n) is 5.76. The molecule has 0 atom stereocenters. The van der Waals surface area contributed by atoms with Gasteiger partial charge in [-0.3, -0.25) is 24.5 Å². The molecule has 26 heavy (non-hydrogen) atoms. The summed E-state index contributed by atoms with van der Waals surface area (Å²) in [5, 5.41) is 13.2. The van der Waals surface area contributed by atoms with Gasteiger partial charge in [0.2, 0.25) is 5.91 Å². The van der Waals surface area contributed by atoms with E-state index in [1.165, 1.54) is 17.0 Å². The number of rotatable bonds is 6. The summed E-state index contributed by atoms with van der Waals surface area (Å²) in [6.07, 6.45) is 2.98. The summed E-state index contributed by atoms with van der Waals surface area (Å²) >= 11 is 5.69. The van der Waals surface area contributed by atoms with Gasteiger partial charge in [-0.25, -0.2) is 0 Å². The Morgan fingerprint density at radius 1 is 1.31 bits per heavy atom. The molecule has 2 amide bonds. The highest BCUT2D eigenvalue weighted by Crippen LogP contribution is 2.27. The molecule has 1 aliphatic heterocycles. The van der Waals surface area contributed by atoms with Crippen LogP contribution in [-0.2, 0) is 19.1 Å². The molecule has 0 unspecified atom stereocenters. The van der Waals surface area contributed by atoms with Gasteiger partial charge in [0.1, 0.15) is 11.6 Å². The smallest absolute Gasteiger partial charge is 0.326 e. The Labute approximate surface area is 154 Å². The second-order valence-corrected chi connectivity index (χ2v) is 6.17. The van der Waals surface area contributed by atoms with Gasteiger partial charge in [-0.05, 0) is 25.0 Å². The van der Waals surface area contributed by atoms with E-state index >= 15 is 0 Å². The van der Waals surface area contributed by atoms with Gasteiger partial charge >= 0.3 is 5.97 Å². The molecule has 1 aromatic rings. The third kappa shape index (κ3) is 5.69. The fourth-order valence-electron chi connectivity index (χ4n) is 2.48. The number of nitrogens with one attached hydrogen (secondary N) is 1. The van der Waals surface area contributed by atoms with Crippen molar-refractivity contribution in [1.29, 1.82) is 0 Å². The number of nitrogens with zero attached hydrogens (tertiary/aromatic N) is 2. The van der Waals surface area contributed by atoms with Crippen LogP contribution in [0.25, 0.3) is 0 Å². The second kappa shape index (κ2) is 9.14. The number of nitro benzene ring substituents is 1. The molecule has 0 radical (unpaired) electrons. The molecule has 0 aromatic heterocycles. The van der Waals surface area contributed by atoms with Crippen LogP contribution in [0.5, 0.6) is 0 Å². The topological polar surface area (TPSA) is 119 Å². The number of carbonyl (C=O) groups is 3. The Morgan fingerprint density at radius 2 is 2.08 bits per heavy atom. The van der Waals surface area contributed by atoms with Gasteiger partial charge in [-0.1, -0.05) is 18.0 Å². The van der Waals surface area contributed by atoms with E-state index in [-0.39, 0.29) is 28.8 Å². The van der Waals surface area contributed by atoms with Crippen molar-refractivity contribution in [1.82, 2.24) is 4.90 Å². The molecule has 1 fully saturated rings. The minimum atomic E-state index is -0.683. The zero-order valence-electron chi connectivity index (χ0n) is 13.9. The molecule has 10 heteroatoms. The molecule has 2 rings (SSSR count). The predicted octanol–water partition coefficient (Wildman–Crippen LogP) is 2.13. The SMILES string of the molecule is O=C(COC(=O)CN1CCCCCC1=O)Nc1ccc(Cl)c([N+](=O)[O-])c1. The Hall–Kier alpha value is -2.68. The first kappa shape index (κ1) is 19.6. The molecule has 0 spiro atoms. The minimum absolute atomic E-state index is 0.0541. The first-order valence-corrected chi connectivity index (χ1v) is 8.42. The van der Waals surface area contributed by atoms with E-state index in [9.17, 15) is 24.5 Å². The maximum atomic E-state index is 11.8. The molecule has 0 bridgehead atoms. The molecule has 1 heterocycles. The van der Waals surface area contributed by atoms with E-state index in [2.05, 4.69) is 5.32 Å². The van der Waals surface area contributed by atoms with Crippen LogP contribution in [0.3, 0.4) is 0 Å². The zero-order valence-corrected chi connectivity index (χ0v) is 14.7.